The average molecular weight is 545 g/mol. The molecule has 2 aromatic carbocycles. The maximum atomic E-state index is 12.8. The molecule has 0 aromatic heterocycles. The van der Waals surface area contributed by atoms with Crippen LogP contribution in [0.5, 0.6) is 5.75 Å². The minimum absolute atomic E-state index is 0.250. The largest absolute Gasteiger partial charge is 0.503 e. The molecular formula is C27H33F5N2O4. The zero-order chi connectivity index (χ0) is 29.2. The molecule has 2 aromatic rings. The van der Waals surface area contributed by atoms with Crippen molar-refractivity contribution in [3.05, 3.63) is 71.1 Å². The fourth-order valence-electron chi connectivity index (χ4n) is 3.38. The van der Waals surface area contributed by atoms with Crippen molar-refractivity contribution in [2.45, 2.75) is 53.1 Å². The number of halogens is 5. The minimum atomic E-state index is -2.29. The molecule has 0 aliphatic heterocycles. The summed E-state index contributed by atoms with van der Waals surface area (Å²) in [5.74, 6) is -9.14. The normalized spacial score (nSPS) is 13.1. The molecule has 0 saturated carbocycles. The highest BCUT2D eigenvalue weighted by atomic mass is 19.2. The van der Waals surface area contributed by atoms with Crippen LogP contribution in [0.4, 0.5) is 22.0 Å². The standard InChI is InChI=1S/C21H32N2O3.C6HF5O/c1-15(2)14-18(19(24)23-22)17(20(25)26-21(3,4)5)13-9-12-16-10-7-6-8-11-16;7-1-2(8)4(10)6(12)5(11)3(1)9/h6-12,15,17-18H,13-14,22H2,1-5H3,(H,23,24);12H/t17-,18+;/m0./s1. The number of amides is 1. The van der Waals surface area contributed by atoms with Gasteiger partial charge in [0.05, 0.1) is 11.8 Å². The Bertz CT molecular complexity index is 1010. The fraction of sp³-hybridized carbons (Fsp3) is 0.407. The minimum Gasteiger partial charge on any atom is -0.503 e. The van der Waals surface area contributed by atoms with E-state index in [0.29, 0.717) is 12.8 Å². The van der Waals surface area contributed by atoms with E-state index in [9.17, 15) is 31.5 Å². The predicted octanol–water partition coefficient (Wildman–Crippen LogP) is 5.79. The molecule has 2 rings (SSSR count). The van der Waals surface area contributed by atoms with Gasteiger partial charge in [-0.2, -0.15) is 8.78 Å². The Balaban J connectivity index is 0.000000499. The molecule has 0 heterocycles. The van der Waals surface area contributed by atoms with Crippen LogP contribution in [0.3, 0.4) is 0 Å². The number of carbonyl (C=O) groups excluding carboxylic acids is 2. The molecule has 0 fully saturated rings. The Hall–Kier alpha value is -3.47. The number of nitrogens with two attached hydrogens (primary N) is 1. The molecule has 0 spiro atoms. The Kier molecular flexibility index (Phi) is 12.4. The Labute approximate surface area is 218 Å². The summed E-state index contributed by atoms with van der Waals surface area (Å²) in [7, 11) is 0. The van der Waals surface area contributed by atoms with Crippen LogP contribution in [0.15, 0.2) is 36.4 Å². The van der Waals surface area contributed by atoms with E-state index in [1.165, 1.54) is 0 Å². The molecule has 4 N–H and O–H groups in total. The second-order valence-corrected chi connectivity index (χ2v) is 9.85. The summed E-state index contributed by atoms with van der Waals surface area (Å²) >= 11 is 0. The molecule has 210 valence electrons. The van der Waals surface area contributed by atoms with E-state index in [4.69, 9.17) is 15.7 Å². The van der Waals surface area contributed by atoms with Crippen LogP contribution in [0.1, 0.15) is 53.0 Å². The van der Waals surface area contributed by atoms with Crippen molar-refractivity contribution in [3.63, 3.8) is 0 Å². The number of allylic oxidation sites excluding steroid dienone is 1. The van der Waals surface area contributed by atoms with Crippen molar-refractivity contribution in [2.24, 2.45) is 23.6 Å². The van der Waals surface area contributed by atoms with Gasteiger partial charge in [0.2, 0.25) is 35.0 Å². The van der Waals surface area contributed by atoms with Crippen LogP contribution < -0.4 is 11.3 Å². The smallest absolute Gasteiger partial charge is 0.310 e. The number of hydrazine groups is 1. The number of hydrogen-bond donors (Lipinski definition) is 3. The van der Waals surface area contributed by atoms with Crippen molar-refractivity contribution in [2.75, 3.05) is 0 Å². The summed E-state index contributed by atoms with van der Waals surface area (Å²) < 4.78 is 66.2. The first-order chi connectivity index (χ1) is 17.6. The predicted molar refractivity (Wildman–Crippen MR) is 133 cm³/mol. The van der Waals surface area contributed by atoms with Crippen LogP contribution in [-0.4, -0.2) is 22.6 Å². The van der Waals surface area contributed by atoms with E-state index in [-0.39, 0.29) is 17.8 Å². The summed E-state index contributed by atoms with van der Waals surface area (Å²) in [6, 6.07) is 9.82. The van der Waals surface area contributed by atoms with E-state index < -0.39 is 52.3 Å². The molecule has 0 bridgehead atoms. The lowest BCUT2D eigenvalue weighted by Crippen LogP contribution is -2.43. The average Bonchev–Trinajstić information content (AvgIpc) is 2.86. The van der Waals surface area contributed by atoms with Crippen molar-refractivity contribution >= 4 is 18.0 Å². The molecule has 0 unspecified atom stereocenters. The van der Waals surface area contributed by atoms with Gasteiger partial charge >= 0.3 is 5.97 Å². The highest BCUT2D eigenvalue weighted by Gasteiger charge is 2.36. The SMILES string of the molecule is CC(C)C[C@@H](C(=O)NN)[C@H](CC=Cc1ccccc1)C(=O)OC(C)(C)C.Oc1c(F)c(F)c(F)c(F)c1F. The first kappa shape index (κ1) is 32.6. The van der Waals surface area contributed by atoms with Crippen molar-refractivity contribution in [3.8, 4) is 5.75 Å². The zero-order valence-electron chi connectivity index (χ0n) is 21.8. The van der Waals surface area contributed by atoms with Gasteiger partial charge in [-0.05, 0) is 45.1 Å². The van der Waals surface area contributed by atoms with Crippen LogP contribution in [0, 0.1) is 46.8 Å². The van der Waals surface area contributed by atoms with Crippen LogP contribution in [0.2, 0.25) is 0 Å². The van der Waals surface area contributed by atoms with Gasteiger partial charge in [-0.1, -0.05) is 56.3 Å². The molecule has 1 amide bonds. The maximum absolute atomic E-state index is 12.8. The molecule has 0 aliphatic carbocycles. The molecule has 2 atom stereocenters. The van der Waals surface area contributed by atoms with Crippen LogP contribution in [0.25, 0.3) is 6.08 Å². The summed E-state index contributed by atoms with van der Waals surface area (Å²) in [5.41, 5.74) is 2.64. The highest BCUT2D eigenvalue weighted by molar-refractivity contribution is 5.85. The van der Waals surface area contributed by atoms with Gasteiger partial charge in [-0.15, -0.1) is 0 Å². The lowest BCUT2D eigenvalue weighted by molar-refractivity contribution is -0.164. The maximum Gasteiger partial charge on any atom is 0.310 e. The number of nitrogens with one attached hydrogen (secondary N) is 1. The second kappa shape index (κ2) is 14.5. The quantitative estimate of drug-likeness (QED) is 0.0743. The topological polar surface area (TPSA) is 102 Å². The van der Waals surface area contributed by atoms with Crippen molar-refractivity contribution < 1.29 is 41.4 Å². The Morgan fingerprint density at radius 1 is 0.947 bits per heavy atom. The lowest BCUT2D eigenvalue weighted by atomic mass is 9.82. The number of rotatable bonds is 8. The first-order valence-corrected chi connectivity index (χ1v) is 11.8. The number of benzene rings is 2. The van der Waals surface area contributed by atoms with E-state index in [2.05, 4.69) is 5.43 Å². The number of hydrogen-bond acceptors (Lipinski definition) is 5. The van der Waals surface area contributed by atoms with Crippen molar-refractivity contribution in [1.82, 2.24) is 5.43 Å². The monoisotopic (exact) mass is 544 g/mol. The van der Waals surface area contributed by atoms with Gasteiger partial charge in [0.25, 0.3) is 0 Å². The summed E-state index contributed by atoms with van der Waals surface area (Å²) in [5, 5.41) is 8.30. The number of aromatic hydroxyl groups is 1. The lowest BCUT2D eigenvalue weighted by Gasteiger charge is -2.28. The summed E-state index contributed by atoms with van der Waals surface area (Å²) in [4.78, 5) is 25.1. The van der Waals surface area contributed by atoms with E-state index >= 15 is 0 Å². The summed E-state index contributed by atoms with van der Waals surface area (Å²) in [6.45, 7) is 9.50. The van der Waals surface area contributed by atoms with Crippen molar-refractivity contribution in [1.29, 1.82) is 0 Å². The number of esters is 1. The third kappa shape index (κ3) is 9.77. The first-order valence-electron chi connectivity index (χ1n) is 11.8. The fourth-order valence-corrected chi connectivity index (χ4v) is 3.38. The third-order valence-electron chi connectivity index (χ3n) is 5.09. The van der Waals surface area contributed by atoms with Gasteiger partial charge in [-0.25, -0.2) is 19.0 Å². The summed E-state index contributed by atoms with van der Waals surface area (Å²) in [6.07, 6.45) is 4.84. The van der Waals surface area contributed by atoms with E-state index in [0.717, 1.165) is 5.56 Å². The second-order valence-electron chi connectivity index (χ2n) is 9.85. The third-order valence-corrected chi connectivity index (χ3v) is 5.09. The highest BCUT2D eigenvalue weighted by Crippen LogP contribution is 2.28. The number of phenols is 1. The molecule has 0 radical (unpaired) electrons. The van der Waals surface area contributed by atoms with E-state index in [1.807, 2.05) is 77.1 Å². The number of ether oxygens (including phenoxy) is 1. The number of carbonyl (C=O) groups is 2. The zero-order valence-corrected chi connectivity index (χ0v) is 21.8. The number of phenolic OH excluding ortho intramolecular Hbond substituents is 1. The van der Waals surface area contributed by atoms with Gasteiger partial charge in [0.15, 0.2) is 5.75 Å². The van der Waals surface area contributed by atoms with Gasteiger partial charge in [0.1, 0.15) is 5.60 Å². The van der Waals surface area contributed by atoms with Gasteiger partial charge in [-0.3, -0.25) is 15.0 Å². The Morgan fingerprint density at radius 2 is 1.45 bits per heavy atom. The van der Waals surface area contributed by atoms with Gasteiger partial charge in [0, 0.05) is 0 Å². The van der Waals surface area contributed by atoms with Gasteiger partial charge < -0.3 is 9.84 Å². The molecular weight excluding hydrogens is 511 g/mol. The molecule has 0 saturated heterocycles. The molecule has 11 heteroatoms. The van der Waals surface area contributed by atoms with Crippen LogP contribution >= 0.6 is 0 Å². The van der Waals surface area contributed by atoms with Crippen LogP contribution in [-0.2, 0) is 14.3 Å². The van der Waals surface area contributed by atoms with E-state index in [1.54, 1.807) is 0 Å². The molecule has 6 nitrogen and oxygen atoms in total. The molecule has 0 aliphatic rings. The Morgan fingerprint density at radius 3 is 1.89 bits per heavy atom. The molecule has 38 heavy (non-hydrogen) atoms.